The van der Waals surface area contributed by atoms with Gasteiger partial charge in [-0.25, -0.2) is 4.98 Å². The fourth-order valence-electron chi connectivity index (χ4n) is 3.57. The predicted molar refractivity (Wildman–Crippen MR) is 110 cm³/mol. The SMILES string of the molecule is N#Cc1ccccc1-c1ccccc1C(=O)N1CCN(C(=O)c2cnccn2)CC1. The van der Waals surface area contributed by atoms with Crippen LogP contribution in [-0.4, -0.2) is 57.8 Å². The van der Waals surface area contributed by atoms with E-state index >= 15 is 0 Å². The fraction of sp³-hybridized carbons (Fsp3) is 0.174. The quantitative estimate of drug-likeness (QED) is 0.678. The molecule has 1 aliphatic heterocycles. The van der Waals surface area contributed by atoms with Gasteiger partial charge in [-0.2, -0.15) is 5.26 Å². The molecule has 0 atom stereocenters. The monoisotopic (exact) mass is 397 g/mol. The van der Waals surface area contributed by atoms with E-state index in [1.807, 2.05) is 30.3 Å². The molecular weight excluding hydrogens is 378 g/mol. The second-order valence-electron chi connectivity index (χ2n) is 6.88. The molecule has 30 heavy (non-hydrogen) atoms. The Labute approximate surface area is 174 Å². The molecule has 7 heteroatoms. The number of hydrogen-bond donors (Lipinski definition) is 0. The molecule has 2 aromatic carbocycles. The summed E-state index contributed by atoms with van der Waals surface area (Å²) in [5.74, 6) is -0.288. The maximum Gasteiger partial charge on any atom is 0.274 e. The molecule has 0 radical (unpaired) electrons. The number of nitriles is 1. The molecule has 2 heterocycles. The van der Waals surface area contributed by atoms with Gasteiger partial charge in [-0.1, -0.05) is 36.4 Å². The van der Waals surface area contributed by atoms with Gasteiger partial charge >= 0.3 is 0 Å². The Hall–Kier alpha value is -4.05. The number of carbonyl (C=O) groups excluding carboxylic acids is 2. The van der Waals surface area contributed by atoms with Crippen molar-refractivity contribution in [1.82, 2.24) is 19.8 Å². The van der Waals surface area contributed by atoms with E-state index in [4.69, 9.17) is 0 Å². The van der Waals surface area contributed by atoms with E-state index in [0.717, 1.165) is 11.1 Å². The van der Waals surface area contributed by atoms with Crippen molar-refractivity contribution < 1.29 is 9.59 Å². The highest BCUT2D eigenvalue weighted by Gasteiger charge is 2.27. The minimum absolute atomic E-state index is 0.107. The van der Waals surface area contributed by atoms with Crippen molar-refractivity contribution in [2.45, 2.75) is 0 Å². The Kier molecular flexibility index (Phi) is 5.48. The van der Waals surface area contributed by atoms with Crippen LogP contribution in [-0.2, 0) is 0 Å². The first-order valence-corrected chi connectivity index (χ1v) is 9.62. The van der Waals surface area contributed by atoms with E-state index in [1.54, 1.807) is 28.0 Å². The van der Waals surface area contributed by atoms with Gasteiger partial charge in [-0.15, -0.1) is 0 Å². The minimum Gasteiger partial charge on any atom is -0.335 e. The Bertz CT molecular complexity index is 1120. The molecule has 1 aliphatic rings. The zero-order valence-electron chi connectivity index (χ0n) is 16.2. The molecule has 1 fully saturated rings. The average Bonchev–Trinajstić information content (AvgIpc) is 2.83. The highest BCUT2D eigenvalue weighted by atomic mass is 16.2. The van der Waals surface area contributed by atoms with E-state index in [9.17, 15) is 14.9 Å². The maximum absolute atomic E-state index is 13.3. The minimum atomic E-state index is -0.182. The molecule has 0 N–H and O–H groups in total. The van der Waals surface area contributed by atoms with Crippen LogP contribution in [0.1, 0.15) is 26.4 Å². The Morgan fingerprint density at radius 2 is 1.47 bits per heavy atom. The normalized spacial score (nSPS) is 13.6. The molecular formula is C23H19N5O2. The van der Waals surface area contributed by atoms with Crippen molar-refractivity contribution >= 4 is 11.8 Å². The van der Waals surface area contributed by atoms with Crippen molar-refractivity contribution in [1.29, 1.82) is 5.26 Å². The Balaban J connectivity index is 1.52. The van der Waals surface area contributed by atoms with Gasteiger partial charge in [0.15, 0.2) is 0 Å². The van der Waals surface area contributed by atoms with E-state index in [0.29, 0.717) is 43.0 Å². The lowest BCUT2D eigenvalue weighted by Crippen LogP contribution is -2.50. The lowest BCUT2D eigenvalue weighted by molar-refractivity contribution is 0.0532. The lowest BCUT2D eigenvalue weighted by Gasteiger charge is -2.35. The van der Waals surface area contributed by atoms with Crippen molar-refractivity contribution in [2.75, 3.05) is 26.2 Å². The zero-order valence-corrected chi connectivity index (χ0v) is 16.2. The third-order valence-electron chi connectivity index (χ3n) is 5.13. The zero-order chi connectivity index (χ0) is 20.9. The van der Waals surface area contributed by atoms with Crippen LogP contribution in [0.25, 0.3) is 11.1 Å². The number of benzene rings is 2. The summed E-state index contributed by atoms with van der Waals surface area (Å²) in [6, 6.07) is 16.8. The van der Waals surface area contributed by atoms with Crippen LogP contribution >= 0.6 is 0 Å². The van der Waals surface area contributed by atoms with Crippen molar-refractivity contribution in [3.63, 3.8) is 0 Å². The summed E-state index contributed by atoms with van der Waals surface area (Å²) >= 11 is 0. The number of hydrogen-bond acceptors (Lipinski definition) is 5. The van der Waals surface area contributed by atoms with Crippen molar-refractivity contribution in [3.05, 3.63) is 83.9 Å². The molecule has 7 nitrogen and oxygen atoms in total. The van der Waals surface area contributed by atoms with Gasteiger partial charge in [0.1, 0.15) is 5.69 Å². The number of amides is 2. The average molecular weight is 397 g/mol. The standard InChI is InChI=1S/C23H19N5O2/c24-15-17-5-1-2-6-18(17)19-7-3-4-8-20(19)22(29)27-11-13-28(14-12-27)23(30)21-16-25-9-10-26-21/h1-10,16H,11-14H2. The molecule has 0 aliphatic carbocycles. The summed E-state index contributed by atoms with van der Waals surface area (Å²) in [5.41, 5.74) is 2.85. The second kappa shape index (κ2) is 8.53. The maximum atomic E-state index is 13.3. The Morgan fingerprint density at radius 1 is 0.833 bits per heavy atom. The van der Waals surface area contributed by atoms with Gasteiger partial charge in [-0.3, -0.25) is 14.6 Å². The van der Waals surface area contributed by atoms with Crippen LogP contribution in [0.3, 0.4) is 0 Å². The molecule has 0 unspecified atom stereocenters. The summed E-state index contributed by atoms with van der Waals surface area (Å²) in [6.45, 7) is 1.72. The molecule has 1 saturated heterocycles. The summed E-state index contributed by atoms with van der Waals surface area (Å²) < 4.78 is 0. The second-order valence-corrected chi connectivity index (χ2v) is 6.88. The number of piperazine rings is 1. The molecule has 0 spiro atoms. The topological polar surface area (TPSA) is 90.2 Å². The predicted octanol–water partition coefficient (Wildman–Crippen LogP) is 2.61. The Morgan fingerprint density at radius 3 is 2.13 bits per heavy atom. The van der Waals surface area contributed by atoms with Crippen molar-refractivity contribution in [3.8, 4) is 17.2 Å². The summed E-state index contributed by atoms with van der Waals surface area (Å²) in [7, 11) is 0. The van der Waals surface area contributed by atoms with Crippen LogP contribution in [0.5, 0.6) is 0 Å². The van der Waals surface area contributed by atoms with E-state index in [1.165, 1.54) is 18.6 Å². The summed E-state index contributed by atoms with van der Waals surface area (Å²) in [4.78, 5) is 37.2. The highest BCUT2D eigenvalue weighted by Crippen LogP contribution is 2.28. The number of aromatic nitrogens is 2. The van der Waals surface area contributed by atoms with Crippen LogP contribution in [0, 0.1) is 11.3 Å². The van der Waals surface area contributed by atoms with Crippen molar-refractivity contribution in [2.24, 2.45) is 0 Å². The third-order valence-corrected chi connectivity index (χ3v) is 5.13. The first-order chi connectivity index (χ1) is 14.7. The van der Waals surface area contributed by atoms with Crippen LogP contribution in [0.2, 0.25) is 0 Å². The van der Waals surface area contributed by atoms with Gasteiger partial charge in [0.2, 0.25) is 0 Å². The molecule has 2 amide bonds. The highest BCUT2D eigenvalue weighted by molar-refractivity contribution is 6.01. The lowest BCUT2D eigenvalue weighted by atomic mass is 9.95. The first-order valence-electron chi connectivity index (χ1n) is 9.62. The van der Waals surface area contributed by atoms with Crippen LogP contribution < -0.4 is 0 Å². The van der Waals surface area contributed by atoms with E-state index < -0.39 is 0 Å². The summed E-state index contributed by atoms with van der Waals surface area (Å²) in [6.07, 6.45) is 4.46. The van der Waals surface area contributed by atoms with Crippen LogP contribution in [0.4, 0.5) is 0 Å². The van der Waals surface area contributed by atoms with Gasteiger partial charge in [0, 0.05) is 49.7 Å². The summed E-state index contributed by atoms with van der Waals surface area (Å²) in [5, 5.41) is 9.44. The fourth-order valence-corrected chi connectivity index (χ4v) is 3.57. The number of carbonyl (C=O) groups is 2. The van der Waals surface area contributed by atoms with E-state index in [-0.39, 0.29) is 11.8 Å². The molecule has 4 rings (SSSR count). The molecule has 0 bridgehead atoms. The molecule has 3 aromatic rings. The molecule has 1 aromatic heterocycles. The van der Waals surface area contributed by atoms with Gasteiger partial charge in [0.05, 0.1) is 17.8 Å². The van der Waals surface area contributed by atoms with Gasteiger partial charge in [0.25, 0.3) is 11.8 Å². The smallest absolute Gasteiger partial charge is 0.274 e. The first kappa shape index (κ1) is 19.3. The molecule has 148 valence electrons. The van der Waals surface area contributed by atoms with Crippen LogP contribution in [0.15, 0.2) is 67.1 Å². The van der Waals surface area contributed by atoms with E-state index in [2.05, 4.69) is 16.0 Å². The number of rotatable bonds is 3. The molecule has 0 saturated carbocycles. The van der Waals surface area contributed by atoms with Gasteiger partial charge < -0.3 is 9.80 Å². The number of nitrogens with zero attached hydrogens (tertiary/aromatic N) is 5. The van der Waals surface area contributed by atoms with Gasteiger partial charge in [-0.05, 0) is 17.7 Å². The largest absolute Gasteiger partial charge is 0.335 e. The third kappa shape index (κ3) is 3.76.